The number of hydrogen-bond acceptors (Lipinski definition) is 21. The molecule has 2 saturated heterocycles. The van der Waals surface area contributed by atoms with E-state index in [1.54, 1.807) is 63.2 Å². The van der Waals surface area contributed by atoms with E-state index in [0.717, 1.165) is 31.2 Å². The Bertz CT molecular complexity index is 4390. The number of aliphatic hydroxyl groups is 6. The lowest BCUT2D eigenvalue weighted by Crippen LogP contribution is -2.62. The molecule has 27 heteroatoms. The monoisotopic (exact) mass is 1620 g/mol. The number of nitrogens with two attached hydrogens (primary N) is 1. The first-order chi connectivity index (χ1) is 55.3. The summed E-state index contributed by atoms with van der Waals surface area (Å²) in [4.78, 5) is 74.0. The number of carboxylic acid groups (broad SMARTS) is 1. The number of nitrogens with one attached hydrogen (secondary N) is 3. The number of aliphatic hydroxyl groups excluding tert-OH is 6. The van der Waals surface area contributed by atoms with Crippen LogP contribution in [0.5, 0.6) is 11.5 Å². The number of hydrogen-bond donors (Lipinski definition) is 11. The van der Waals surface area contributed by atoms with Crippen molar-refractivity contribution in [1.82, 2.24) is 35.9 Å². The Hall–Kier alpha value is -8.26. The number of carbonyl (C=O) groups is 4. The molecule has 6 saturated carbocycles. The lowest BCUT2D eigenvalue weighted by atomic mass is 9.45. The van der Waals surface area contributed by atoms with Gasteiger partial charge in [-0.3, -0.25) is 24.1 Å². The zero-order valence-corrected chi connectivity index (χ0v) is 71.1. The van der Waals surface area contributed by atoms with Crippen molar-refractivity contribution in [2.45, 2.75) is 167 Å². The SMILES string of the molecule is CN(C)C[C@@H](N)[C@H](O)c1ccccc1.COc1c(-c2cc(C(=O)N[C@H](CN(C)C)[C@H](O)c3ccccc3)cc(N(C)C)c2)ccc(F)c1CN1O[C@@H](CO)[C@@H]([C@H](C)O)[C@H]1C(=O)N[C@H]1C[C@H]2C[C@@H]([C@@H]1C)C2(C)C.COc1c(-c2cc(C(=O)O)cc(N(C)C)c2)ccc(F)c1CN1O[C@@H](CO)[C@@H]([C@H](C)O)[C@H]1C(=O)N[C@H]1C[C@H]2C[C@@H]([C@@H]1C)C2(C)C. The highest BCUT2D eigenvalue weighted by Gasteiger charge is 2.60. The van der Waals surface area contributed by atoms with Gasteiger partial charge in [0.15, 0.2) is 0 Å². The first kappa shape index (κ1) is 91.1. The number of carboxylic acids is 1. The molecule has 2 aliphatic heterocycles. The smallest absolute Gasteiger partial charge is 0.335 e. The molecule has 117 heavy (non-hydrogen) atoms. The summed E-state index contributed by atoms with van der Waals surface area (Å²) in [6.07, 6.45) is -1.34. The molecule has 6 aliphatic carbocycles. The maximum absolute atomic E-state index is 16.1. The van der Waals surface area contributed by atoms with Gasteiger partial charge in [0.05, 0.1) is 70.4 Å². The Morgan fingerprint density at radius 2 is 0.957 bits per heavy atom. The van der Waals surface area contributed by atoms with Crippen LogP contribution in [0, 0.1) is 69.8 Å². The van der Waals surface area contributed by atoms with Crippen molar-refractivity contribution in [3.8, 4) is 33.8 Å². The van der Waals surface area contributed by atoms with E-state index in [1.165, 1.54) is 48.6 Å². The fourth-order valence-corrected chi connectivity index (χ4v) is 19.2. The summed E-state index contributed by atoms with van der Waals surface area (Å²) < 4.78 is 43.4. The molecule has 6 aromatic carbocycles. The average molecular weight is 1630 g/mol. The van der Waals surface area contributed by atoms with Gasteiger partial charge in [0, 0.05) is 110 Å². The molecule has 0 spiro atoms. The van der Waals surface area contributed by atoms with Crippen LogP contribution in [-0.4, -0.2) is 237 Å². The number of anilines is 2. The minimum atomic E-state index is -1.10. The molecule has 3 amide bonds. The molecule has 4 bridgehead atoms. The van der Waals surface area contributed by atoms with Crippen molar-refractivity contribution >= 4 is 35.1 Å². The molecule has 2 heterocycles. The number of likely N-dealkylation sites (N-methyl/N-ethyl adjacent to an activating group) is 2. The van der Waals surface area contributed by atoms with Crippen LogP contribution in [-0.2, 0) is 32.4 Å². The van der Waals surface area contributed by atoms with Crippen molar-refractivity contribution in [1.29, 1.82) is 0 Å². The highest BCUT2D eigenvalue weighted by molar-refractivity contribution is 5.97. The molecule has 0 aromatic heterocycles. The Morgan fingerprint density at radius 1 is 0.564 bits per heavy atom. The third-order valence-electron chi connectivity index (χ3n) is 26.1. The Morgan fingerprint density at radius 3 is 1.31 bits per heavy atom. The summed E-state index contributed by atoms with van der Waals surface area (Å²) >= 11 is 0. The third-order valence-corrected chi connectivity index (χ3v) is 26.1. The van der Waals surface area contributed by atoms with E-state index in [-0.39, 0.29) is 93.9 Å². The zero-order chi connectivity index (χ0) is 85.7. The summed E-state index contributed by atoms with van der Waals surface area (Å²) in [7, 11) is 17.8. The minimum Gasteiger partial charge on any atom is -0.496 e. The second-order valence-electron chi connectivity index (χ2n) is 35.3. The number of rotatable bonds is 29. The van der Waals surface area contributed by atoms with Crippen LogP contribution in [0.4, 0.5) is 20.2 Å². The molecule has 640 valence electrons. The maximum atomic E-state index is 16.1. The van der Waals surface area contributed by atoms with Crippen LogP contribution in [0.2, 0.25) is 0 Å². The van der Waals surface area contributed by atoms with E-state index in [4.69, 9.17) is 24.9 Å². The van der Waals surface area contributed by atoms with Gasteiger partial charge in [0.1, 0.15) is 53.5 Å². The van der Waals surface area contributed by atoms with Gasteiger partial charge >= 0.3 is 5.97 Å². The van der Waals surface area contributed by atoms with Crippen LogP contribution in [0.1, 0.15) is 136 Å². The van der Waals surface area contributed by atoms with Crippen LogP contribution in [0.3, 0.4) is 0 Å². The molecule has 14 rings (SSSR count). The molecular weight excluding hydrogens is 1500 g/mol. The summed E-state index contributed by atoms with van der Waals surface area (Å²) in [6.45, 7) is 16.4. The average Bonchev–Trinajstić information content (AvgIpc) is 1.25. The largest absolute Gasteiger partial charge is 0.496 e. The van der Waals surface area contributed by atoms with Crippen molar-refractivity contribution in [3.63, 3.8) is 0 Å². The number of fused-ring (bicyclic) bond motifs is 4. The number of amides is 3. The summed E-state index contributed by atoms with van der Waals surface area (Å²) in [6, 6.07) is 31.5. The second-order valence-corrected chi connectivity index (χ2v) is 35.3. The number of aromatic carboxylic acids is 1. The van der Waals surface area contributed by atoms with Crippen molar-refractivity contribution in [3.05, 3.63) is 166 Å². The predicted molar refractivity (Wildman–Crippen MR) is 447 cm³/mol. The first-order valence-corrected chi connectivity index (χ1v) is 40.7. The van der Waals surface area contributed by atoms with E-state index < -0.39 is 103 Å². The number of nitrogens with zero attached hydrogens (tertiary/aromatic N) is 6. The number of ether oxygens (including phenoxy) is 2. The number of hydroxylamine groups is 4. The topological polar surface area (TPSA) is 328 Å². The van der Waals surface area contributed by atoms with Crippen LogP contribution in [0.25, 0.3) is 22.3 Å². The highest BCUT2D eigenvalue weighted by Crippen LogP contribution is 2.62. The predicted octanol–water partition coefficient (Wildman–Crippen LogP) is 9.16. The van der Waals surface area contributed by atoms with E-state index in [9.17, 15) is 54.9 Å². The molecule has 8 fully saturated rings. The standard InChI is InChI=1S/C45H62FN5O7.C34H46FN3O7.C11H18N2O/c1-25-34-20-30(45(34,3)4)21-36(25)47-44(56)40-39(26(2)53)38(24-52)58-51(40)22-33-35(46)16-15-32(42(33)57-9)28-17-29(19-31(18-28)50(7)8)43(55)48-37(23-49(5)6)41(54)27-13-11-10-12-14-27;1-17-25-13-21(34(25,3)4)14-27(17)36-32(41)30-29(18(2)40)28(16-39)45-38(30)15-24-26(35)9-8-23(31(24)44-7)19-10-20(33(42)43)12-22(11-19)37(5)6;1-13(2)8-10(12)11(14)9-6-4-3-5-7-9/h10-19,25-26,30,34,36-41,52-54H,20-24H2,1-9H3,(H,47,56)(H,48,55);8-12,17-18,21,25,27-30,39-40H,13-16H2,1-7H3,(H,36,41)(H,42,43);3-7,10-11,14H,8,12H2,1-2H3/t25-,26-,30+,34-,36-,37+,38-,39+,40-,41+;17-,18-,21+,25-,27-,28-,29+,30-;10-,11-/m001/s1. The molecular formula is C90H126F2N10O15. The third kappa shape index (κ3) is 19.9. The van der Waals surface area contributed by atoms with Gasteiger partial charge in [0.2, 0.25) is 11.8 Å². The fourth-order valence-electron chi connectivity index (χ4n) is 19.2. The summed E-state index contributed by atoms with van der Waals surface area (Å²) in [5.74, 6) is -2.07. The fraction of sp³-hybridized carbons (Fsp3) is 0.556. The molecule has 0 unspecified atom stereocenters. The van der Waals surface area contributed by atoms with Crippen LogP contribution in [0.15, 0.2) is 121 Å². The molecule has 8 aliphatic rings. The number of halogens is 2. The number of methoxy groups -OCH3 is 2. The quantitative estimate of drug-likeness (QED) is 0.0208. The van der Waals surface area contributed by atoms with E-state index >= 15 is 8.78 Å². The van der Waals surface area contributed by atoms with Crippen molar-refractivity contribution in [2.75, 3.05) is 107 Å². The lowest BCUT2D eigenvalue weighted by Gasteiger charge is -2.62. The van der Waals surface area contributed by atoms with Gasteiger partial charge in [0.25, 0.3) is 5.91 Å². The van der Waals surface area contributed by atoms with Gasteiger partial charge < -0.3 is 86.5 Å². The van der Waals surface area contributed by atoms with Crippen molar-refractivity contribution in [2.24, 2.45) is 63.9 Å². The van der Waals surface area contributed by atoms with Crippen molar-refractivity contribution < 1.29 is 82.9 Å². The Balaban J connectivity index is 0.000000216. The molecule has 0 radical (unpaired) electrons. The Labute approximate surface area is 688 Å². The molecule has 12 N–H and O–H groups in total. The number of carbonyl (C=O) groups excluding carboxylic acids is 3. The van der Waals surface area contributed by atoms with E-state index in [1.807, 2.05) is 124 Å². The van der Waals surface area contributed by atoms with Gasteiger partial charge in [-0.25, -0.2) is 13.6 Å². The second kappa shape index (κ2) is 38.4. The van der Waals surface area contributed by atoms with Gasteiger partial charge in [-0.2, -0.15) is 10.1 Å². The number of benzene rings is 6. The lowest BCUT2D eigenvalue weighted by molar-refractivity contribution is -0.184. The normalized spacial score (nSPS) is 26.4. The zero-order valence-electron chi connectivity index (χ0n) is 71.1. The first-order valence-electron chi connectivity index (χ1n) is 40.7. The summed E-state index contributed by atoms with van der Waals surface area (Å²) in [5, 5.41) is 85.5. The van der Waals surface area contributed by atoms with E-state index in [0.29, 0.717) is 81.5 Å². The Kier molecular flexibility index (Phi) is 29.9. The van der Waals surface area contributed by atoms with Crippen LogP contribution < -0.4 is 41.0 Å². The van der Waals surface area contributed by atoms with Gasteiger partial charge in [-0.1, -0.05) is 102 Å². The minimum absolute atomic E-state index is 0.0408. The van der Waals surface area contributed by atoms with Crippen LogP contribution >= 0.6 is 0 Å². The molecule has 20 atom stereocenters. The van der Waals surface area contributed by atoms with Gasteiger partial charge in [-0.05, 0) is 197 Å². The van der Waals surface area contributed by atoms with E-state index in [2.05, 4.69) is 57.5 Å². The molecule has 25 nitrogen and oxygen atoms in total. The van der Waals surface area contributed by atoms with Gasteiger partial charge in [-0.15, -0.1) is 0 Å². The maximum Gasteiger partial charge on any atom is 0.335 e. The molecule has 6 aromatic rings. The summed E-state index contributed by atoms with van der Waals surface area (Å²) in [5.41, 5.74) is 11.8. The highest BCUT2D eigenvalue weighted by atomic mass is 19.1.